The molecule has 4 rings (SSSR count). The van der Waals surface area contributed by atoms with Crippen molar-refractivity contribution in [2.45, 2.75) is 11.9 Å². The van der Waals surface area contributed by atoms with Gasteiger partial charge in [-0.2, -0.15) is 4.98 Å². The van der Waals surface area contributed by atoms with E-state index in [1.807, 2.05) is 49.4 Å². The minimum absolute atomic E-state index is 0.161. The summed E-state index contributed by atoms with van der Waals surface area (Å²) in [4.78, 5) is 21.2. The predicted octanol–water partition coefficient (Wildman–Crippen LogP) is 5.49. The van der Waals surface area contributed by atoms with Gasteiger partial charge in [-0.3, -0.25) is 4.79 Å². The van der Waals surface area contributed by atoms with Crippen molar-refractivity contribution in [2.75, 3.05) is 11.1 Å². The van der Waals surface area contributed by atoms with Crippen LogP contribution >= 0.6 is 23.4 Å². The molecule has 2 aromatic carbocycles. The average molecular weight is 437 g/mol. The fourth-order valence-corrected chi connectivity index (χ4v) is 3.67. The maximum Gasteiger partial charge on any atom is 0.260 e. The Morgan fingerprint density at radius 2 is 1.90 bits per heavy atom. The Balaban J connectivity index is 1.48. The molecule has 0 spiro atoms. The van der Waals surface area contributed by atoms with Crippen LogP contribution in [0.2, 0.25) is 5.02 Å². The molecular weight excluding hydrogens is 420 g/mol. The molecule has 1 N–H and O–H groups in total. The smallest absolute Gasteiger partial charge is 0.260 e. The first kappa shape index (κ1) is 20.1. The summed E-state index contributed by atoms with van der Waals surface area (Å²) in [6.07, 6.45) is 1.66. The van der Waals surface area contributed by atoms with Crippen LogP contribution in [0.15, 0.2) is 76.4 Å². The van der Waals surface area contributed by atoms with Gasteiger partial charge >= 0.3 is 0 Å². The van der Waals surface area contributed by atoms with Gasteiger partial charge in [-0.15, -0.1) is 0 Å². The standard InChI is InChI=1S/C22H17ClN4O2S/c1-14-8-10-15(11-9-14)20-26-21(29-27-20)16-5-4-12-24-22(16)30-13-19(28)25-18-7-3-2-6-17(18)23/h2-12H,13H2,1H3,(H,25,28). The highest BCUT2D eigenvalue weighted by molar-refractivity contribution is 8.00. The molecule has 6 nitrogen and oxygen atoms in total. The Kier molecular flexibility index (Phi) is 6.11. The minimum Gasteiger partial charge on any atom is -0.334 e. The Hall–Kier alpha value is -3.16. The van der Waals surface area contributed by atoms with Crippen LogP contribution < -0.4 is 5.32 Å². The van der Waals surface area contributed by atoms with Gasteiger partial charge in [-0.1, -0.05) is 70.5 Å². The molecule has 0 aliphatic carbocycles. The van der Waals surface area contributed by atoms with Crippen molar-refractivity contribution in [1.82, 2.24) is 15.1 Å². The highest BCUT2D eigenvalue weighted by atomic mass is 35.5. The maximum absolute atomic E-state index is 12.3. The number of pyridine rings is 1. The van der Waals surface area contributed by atoms with E-state index in [1.165, 1.54) is 11.8 Å². The summed E-state index contributed by atoms with van der Waals surface area (Å²) in [5.41, 5.74) is 3.28. The molecule has 2 heterocycles. The lowest BCUT2D eigenvalue weighted by Gasteiger charge is -2.07. The fraction of sp³-hybridized carbons (Fsp3) is 0.0909. The number of amides is 1. The summed E-state index contributed by atoms with van der Waals surface area (Å²) >= 11 is 7.38. The molecule has 0 atom stereocenters. The number of nitrogens with zero attached hydrogens (tertiary/aromatic N) is 3. The van der Waals surface area contributed by atoms with E-state index in [4.69, 9.17) is 16.1 Å². The van der Waals surface area contributed by atoms with E-state index in [1.54, 1.807) is 24.4 Å². The van der Waals surface area contributed by atoms with Gasteiger partial charge in [0, 0.05) is 11.8 Å². The summed E-state index contributed by atoms with van der Waals surface area (Å²) in [6, 6.07) is 18.6. The van der Waals surface area contributed by atoms with Gasteiger partial charge in [0.1, 0.15) is 5.03 Å². The maximum atomic E-state index is 12.3. The van der Waals surface area contributed by atoms with E-state index < -0.39 is 0 Å². The zero-order valence-corrected chi connectivity index (χ0v) is 17.6. The zero-order chi connectivity index (χ0) is 20.9. The van der Waals surface area contributed by atoms with E-state index >= 15 is 0 Å². The molecule has 30 heavy (non-hydrogen) atoms. The Bertz CT molecular complexity index is 1180. The molecule has 150 valence electrons. The molecular formula is C22H17ClN4O2S. The van der Waals surface area contributed by atoms with Crippen molar-refractivity contribution < 1.29 is 9.32 Å². The molecule has 8 heteroatoms. The van der Waals surface area contributed by atoms with Crippen molar-refractivity contribution in [3.8, 4) is 22.8 Å². The number of aromatic nitrogens is 3. The van der Waals surface area contributed by atoms with Crippen molar-refractivity contribution in [3.63, 3.8) is 0 Å². The molecule has 0 aliphatic rings. The quantitative estimate of drug-likeness (QED) is 0.402. The van der Waals surface area contributed by atoms with Gasteiger partial charge in [0.2, 0.25) is 11.7 Å². The topological polar surface area (TPSA) is 80.9 Å². The van der Waals surface area contributed by atoms with Crippen LogP contribution in [0.4, 0.5) is 5.69 Å². The molecule has 0 fully saturated rings. The first-order valence-corrected chi connectivity index (χ1v) is 10.5. The van der Waals surface area contributed by atoms with Crippen molar-refractivity contribution >= 4 is 35.0 Å². The van der Waals surface area contributed by atoms with Crippen LogP contribution in [0, 0.1) is 6.92 Å². The molecule has 0 bridgehead atoms. The van der Waals surface area contributed by atoms with E-state index in [0.717, 1.165) is 11.1 Å². The summed E-state index contributed by atoms with van der Waals surface area (Å²) in [5.74, 6) is 0.832. The lowest BCUT2D eigenvalue weighted by atomic mass is 10.1. The SMILES string of the molecule is Cc1ccc(-c2noc(-c3cccnc3SCC(=O)Nc3ccccc3Cl)n2)cc1. The number of benzene rings is 2. The van der Waals surface area contributed by atoms with Crippen LogP contribution in [-0.4, -0.2) is 26.8 Å². The number of halogens is 1. The van der Waals surface area contributed by atoms with Crippen molar-refractivity contribution in [3.05, 3.63) is 77.4 Å². The number of hydrogen-bond donors (Lipinski definition) is 1. The monoisotopic (exact) mass is 436 g/mol. The number of rotatable bonds is 6. The molecule has 0 saturated carbocycles. The highest BCUT2D eigenvalue weighted by Gasteiger charge is 2.16. The molecule has 0 aliphatic heterocycles. The second kappa shape index (κ2) is 9.11. The Morgan fingerprint density at radius 1 is 1.10 bits per heavy atom. The van der Waals surface area contributed by atoms with Gasteiger partial charge in [0.15, 0.2) is 0 Å². The minimum atomic E-state index is -0.185. The van der Waals surface area contributed by atoms with Gasteiger partial charge in [0.05, 0.1) is 22.0 Å². The van der Waals surface area contributed by atoms with Crippen LogP contribution in [0.5, 0.6) is 0 Å². The lowest BCUT2D eigenvalue weighted by molar-refractivity contribution is -0.113. The third-order valence-electron chi connectivity index (χ3n) is 4.23. The number of thioether (sulfide) groups is 1. The molecule has 0 radical (unpaired) electrons. The van der Waals surface area contributed by atoms with E-state index in [2.05, 4.69) is 20.4 Å². The fourth-order valence-electron chi connectivity index (χ4n) is 2.70. The summed E-state index contributed by atoms with van der Waals surface area (Å²) in [7, 11) is 0. The number of carbonyl (C=O) groups excluding carboxylic acids is 1. The molecule has 0 saturated heterocycles. The number of nitrogens with one attached hydrogen (secondary N) is 1. The largest absolute Gasteiger partial charge is 0.334 e. The normalized spacial score (nSPS) is 10.7. The molecule has 0 unspecified atom stereocenters. The number of aryl methyl sites for hydroxylation is 1. The number of hydrogen-bond acceptors (Lipinski definition) is 6. The van der Waals surface area contributed by atoms with E-state index in [0.29, 0.717) is 33.0 Å². The third-order valence-corrected chi connectivity index (χ3v) is 5.56. The molecule has 2 aromatic heterocycles. The van der Waals surface area contributed by atoms with Gasteiger partial charge in [-0.05, 0) is 31.2 Å². The first-order valence-electron chi connectivity index (χ1n) is 9.13. The van der Waals surface area contributed by atoms with Crippen LogP contribution in [-0.2, 0) is 4.79 Å². The van der Waals surface area contributed by atoms with Gasteiger partial charge < -0.3 is 9.84 Å². The van der Waals surface area contributed by atoms with Crippen LogP contribution in [0.1, 0.15) is 5.56 Å². The second-order valence-electron chi connectivity index (χ2n) is 6.46. The third kappa shape index (κ3) is 4.69. The van der Waals surface area contributed by atoms with Crippen LogP contribution in [0.3, 0.4) is 0 Å². The average Bonchev–Trinajstić information content (AvgIpc) is 3.25. The van der Waals surface area contributed by atoms with E-state index in [9.17, 15) is 4.79 Å². The van der Waals surface area contributed by atoms with Crippen molar-refractivity contribution in [2.24, 2.45) is 0 Å². The first-order chi connectivity index (χ1) is 14.6. The summed E-state index contributed by atoms with van der Waals surface area (Å²) < 4.78 is 5.46. The Morgan fingerprint density at radius 3 is 2.70 bits per heavy atom. The van der Waals surface area contributed by atoms with Gasteiger partial charge in [0.25, 0.3) is 5.89 Å². The molecule has 4 aromatic rings. The van der Waals surface area contributed by atoms with Crippen molar-refractivity contribution in [1.29, 1.82) is 0 Å². The number of anilines is 1. The zero-order valence-electron chi connectivity index (χ0n) is 16.0. The summed E-state index contributed by atoms with van der Waals surface area (Å²) in [6.45, 7) is 2.02. The molecule has 1 amide bonds. The second-order valence-corrected chi connectivity index (χ2v) is 7.83. The predicted molar refractivity (Wildman–Crippen MR) is 119 cm³/mol. The number of para-hydroxylation sites is 1. The van der Waals surface area contributed by atoms with E-state index in [-0.39, 0.29) is 11.7 Å². The highest BCUT2D eigenvalue weighted by Crippen LogP contribution is 2.30. The van der Waals surface area contributed by atoms with Gasteiger partial charge in [-0.25, -0.2) is 4.98 Å². The number of carbonyl (C=O) groups is 1. The summed E-state index contributed by atoms with van der Waals surface area (Å²) in [5, 5.41) is 8.00. The lowest BCUT2D eigenvalue weighted by Crippen LogP contribution is -2.14. The van der Waals surface area contributed by atoms with Crippen LogP contribution in [0.25, 0.3) is 22.8 Å². The Labute approximate surface area is 182 Å².